The lowest BCUT2D eigenvalue weighted by atomic mass is 9.93. The highest BCUT2D eigenvalue weighted by Crippen LogP contribution is 2.36. The van der Waals surface area contributed by atoms with Gasteiger partial charge < -0.3 is 0 Å². The molecule has 0 unspecified atom stereocenters. The monoisotopic (exact) mass is 561 g/mol. The summed E-state index contributed by atoms with van der Waals surface area (Å²) in [5, 5.41) is 5.01. The van der Waals surface area contributed by atoms with Gasteiger partial charge in [0, 0.05) is 16.7 Å². The SMILES string of the molecule is c1ccc(-c2cccc(-c3nc(-c4ccccc4)nc(-c4ccc(-c5cc6ccccc6c6ccccc56)cc4)n3)c2)cc1. The van der Waals surface area contributed by atoms with Crippen LogP contribution < -0.4 is 0 Å². The Morgan fingerprint density at radius 3 is 1.45 bits per heavy atom. The number of fused-ring (bicyclic) bond motifs is 3. The number of aromatic nitrogens is 3. The Kier molecular flexibility index (Phi) is 6.47. The zero-order chi connectivity index (χ0) is 29.3. The standard InChI is InChI=1S/C41H27N3/c1-3-12-28(13-4-1)32-17-11-18-34(26-32)41-43-39(30-14-5-2-6-15-30)42-40(44-41)31-24-22-29(23-25-31)38-27-33-16-7-8-19-35(33)36-20-9-10-21-37(36)38/h1-27H. The van der Waals surface area contributed by atoms with Crippen molar-refractivity contribution in [3.63, 3.8) is 0 Å². The first-order chi connectivity index (χ1) is 21.8. The summed E-state index contributed by atoms with van der Waals surface area (Å²) in [6.07, 6.45) is 0. The Morgan fingerprint density at radius 2 is 0.750 bits per heavy atom. The lowest BCUT2D eigenvalue weighted by Gasteiger charge is -2.12. The number of rotatable bonds is 5. The van der Waals surface area contributed by atoms with Crippen LogP contribution in [-0.4, -0.2) is 15.0 Å². The fourth-order valence-corrected chi connectivity index (χ4v) is 5.91. The van der Waals surface area contributed by atoms with Gasteiger partial charge in [-0.1, -0.05) is 152 Å². The topological polar surface area (TPSA) is 38.7 Å². The molecule has 0 amide bonds. The molecule has 3 heteroatoms. The average Bonchev–Trinajstić information content (AvgIpc) is 3.12. The van der Waals surface area contributed by atoms with Gasteiger partial charge in [0.1, 0.15) is 0 Å². The fourth-order valence-electron chi connectivity index (χ4n) is 5.91. The van der Waals surface area contributed by atoms with Gasteiger partial charge in [-0.15, -0.1) is 0 Å². The molecule has 0 N–H and O–H groups in total. The first-order valence-corrected chi connectivity index (χ1v) is 14.8. The summed E-state index contributed by atoms with van der Waals surface area (Å²) < 4.78 is 0. The summed E-state index contributed by atoms with van der Waals surface area (Å²) in [7, 11) is 0. The summed E-state index contributed by atoms with van der Waals surface area (Å²) in [6.45, 7) is 0. The van der Waals surface area contributed by atoms with Crippen LogP contribution in [0.25, 0.3) is 78.0 Å². The van der Waals surface area contributed by atoms with E-state index < -0.39 is 0 Å². The van der Waals surface area contributed by atoms with Crippen molar-refractivity contribution in [1.82, 2.24) is 15.0 Å². The van der Waals surface area contributed by atoms with E-state index in [1.54, 1.807) is 0 Å². The molecule has 44 heavy (non-hydrogen) atoms. The van der Waals surface area contributed by atoms with Crippen LogP contribution in [0.15, 0.2) is 164 Å². The second-order valence-electron chi connectivity index (χ2n) is 10.9. The van der Waals surface area contributed by atoms with Gasteiger partial charge in [-0.2, -0.15) is 0 Å². The molecule has 0 aliphatic rings. The minimum atomic E-state index is 0.647. The molecular formula is C41H27N3. The van der Waals surface area contributed by atoms with Crippen molar-refractivity contribution in [2.45, 2.75) is 0 Å². The van der Waals surface area contributed by atoms with E-state index in [9.17, 15) is 0 Å². The van der Waals surface area contributed by atoms with Crippen molar-refractivity contribution in [1.29, 1.82) is 0 Å². The van der Waals surface area contributed by atoms with E-state index in [4.69, 9.17) is 15.0 Å². The summed E-state index contributed by atoms with van der Waals surface area (Å²) in [6, 6.07) is 57.0. The fraction of sp³-hybridized carbons (Fsp3) is 0. The zero-order valence-corrected chi connectivity index (χ0v) is 23.9. The molecule has 8 aromatic rings. The molecule has 8 rings (SSSR count). The van der Waals surface area contributed by atoms with Crippen molar-refractivity contribution in [2.75, 3.05) is 0 Å². The number of hydrogen-bond donors (Lipinski definition) is 0. The maximum absolute atomic E-state index is 5.01. The van der Waals surface area contributed by atoms with Crippen LogP contribution in [0.4, 0.5) is 0 Å². The molecule has 0 spiro atoms. The van der Waals surface area contributed by atoms with Gasteiger partial charge in [0.05, 0.1) is 0 Å². The van der Waals surface area contributed by atoms with E-state index in [0.717, 1.165) is 33.4 Å². The normalized spacial score (nSPS) is 11.2. The molecule has 0 atom stereocenters. The largest absolute Gasteiger partial charge is 0.208 e. The predicted octanol–water partition coefficient (Wildman–Crippen LogP) is 10.5. The highest BCUT2D eigenvalue weighted by atomic mass is 15.0. The lowest BCUT2D eigenvalue weighted by Crippen LogP contribution is -2.00. The van der Waals surface area contributed by atoms with Gasteiger partial charge in [0.15, 0.2) is 17.5 Å². The van der Waals surface area contributed by atoms with Crippen molar-refractivity contribution < 1.29 is 0 Å². The third-order valence-electron chi connectivity index (χ3n) is 8.12. The van der Waals surface area contributed by atoms with E-state index in [1.807, 2.05) is 36.4 Å². The molecule has 0 radical (unpaired) electrons. The Balaban J connectivity index is 1.24. The molecule has 206 valence electrons. The predicted molar refractivity (Wildman–Crippen MR) is 182 cm³/mol. The van der Waals surface area contributed by atoms with Crippen molar-refractivity contribution in [2.24, 2.45) is 0 Å². The third-order valence-corrected chi connectivity index (χ3v) is 8.12. The number of nitrogens with zero attached hydrogens (tertiary/aromatic N) is 3. The molecule has 1 heterocycles. The first kappa shape index (κ1) is 25.8. The lowest BCUT2D eigenvalue weighted by molar-refractivity contribution is 1.07. The van der Waals surface area contributed by atoms with Crippen LogP contribution in [-0.2, 0) is 0 Å². The van der Waals surface area contributed by atoms with E-state index in [1.165, 1.54) is 27.1 Å². The van der Waals surface area contributed by atoms with Crippen LogP contribution in [0, 0.1) is 0 Å². The minimum absolute atomic E-state index is 0.647. The van der Waals surface area contributed by atoms with Crippen LogP contribution in [0.1, 0.15) is 0 Å². The van der Waals surface area contributed by atoms with E-state index in [0.29, 0.717) is 17.5 Å². The van der Waals surface area contributed by atoms with Crippen LogP contribution in [0.3, 0.4) is 0 Å². The molecule has 0 saturated carbocycles. The van der Waals surface area contributed by atoms with Crippen LogP contribution >= 0.6 is 0 Å². The van der Waals surface area contributed by atoms with Gasteiger partial charge in [-0.05, 0) is 55.9 Å². The molecule has 3 nitrogen and oxygen atoms in total. The van der Waals surface area contributed by atoms with Crippen molar-refractivity contribution >= 4 is 21.5 Å². The van der Waals surface area contributed by atoms with Gasteiger partial charge in [0.25, 0.3) is 0 Å². The smallest absolute Gasteiger partial charge is 0.164 e. The number of hydrogen-bond acceptors (Lipinski definition) is 3. The Hall–Kier alpha value is -5.93. The molecule has 7 aromatic carbocycles. The Morgan fingerprint density at radius 1 is 0.273 bits per heavy atom. The van der Waals surface area contributed by atoms with Gasteiger partial charge >= 0.3 is 0 Å². The highest BCUT2D eigenvalue weighted by Gasteiger charge is 2.14. The van der Waals surface area contributed by atoms with Crippen molar-refractivity contribution in [3.05, 3.63) is 164 Å². The highest BCUT2D eigenvalue weighted by molar-refractivity contribution is 6.13. The second kappa shape index (κ2) is 11.0. The zero-order valence-electron chi connectivity index (χ0n) is 23.9. The van der Waals surface area contributed by atoms with Gasteiger partial charge in [0.2, 0.25) is 0 Å². The summed E-state index contributed by atoms with van der Waals surface area (Å²) in [4.78, 5) is 14.9. The molecule has 0 saturated heterocycles. The maximum atomic E-state index is 5.01. The molecule has 1 aromatic heterocycles. The van der Waals surface area contributed by atoms with Crippen LogP contribution in [0.5, 0.6) is 0 Å². The quantitative estimate of drug-likeness (QED) is 0.196. The molecule has 0 aliphatic carbocycles. The average molecular weight is 562 g/mol. The number of benzene rings is 7. The van der Waals surface area contributed by atoms with Gasteiger partial charge in [-0.3, -0.25) is 0 Å². The summed E-state index contributed by atoms with van der Waals surface area (Å²) in [5.74, 6) is 1.95. The van der Waals surface area contributed by atoms with E-state index in [2.05, 4.69) is 127 Å². The Bertz CT molecular complexity index is 2260. The molecular weight excluding hydrogens is 534 g/mol. The van der Waals surface area contributed by atoms with Crippen LogP contribution in [0.2, 0.25) is 0 Å². The summed E-state index contributed by atoms with van der Waals surface area (Å²) in [5.41, 5.74) is 7.50. The molecule has 0 bridgehead atoms. The van der Waals surface area contributed by atoms with E-state index >= 15 is 0 Å². The Labute approximate surface area is 256 Å². The summed E-state index contributed by atoms with van der Waals surface area (Å²) >= 11 is 0. The second-order valence-corrected chi connectivity index (χ2v) is 10.9. The first-order valence-electron chi connectivity index (χ1n) is 14.8. The van der Waals surface area contributed by atoms with Crippen molar-refractivity contribution in [3.8, 4) is 56.4 Å². The molecule has 0 fully saturated rings. The molecule has 0 aliphatic heterocycles. The minimum Gasteiger partial charge on any atom is -0.208 e. The van der Waals surface area contributed by atoms with Gasteiger partial charge in [-0.25, -0.2) is 15.0 Å². The maximum Gasteiger partial charge on any atom is 0.164 e. The van der Waals surface area contributed by atoms with E-state index in [-0.39, 0.29) is 0 Å². The third kappa shape index (κ3) is 4.81.